The summed E-state index contributed by atoms with van der Waals surface area (Å²) >= 11 is 0. The van der Waals surface area contributed by atoms with Crippen LogP contribution in [0, 0.1) is 0 Å². The summed E-state index contributed by atoms with van der Waals surface area (Å²) in [6.45, 7) is 2.20. The van der Waals surface area contributed by atoms with Gasteiger partial charge in [-0.1, -0.05) is 48.5 Å². The minimum absolute atomic E-state index is 0.131. The predicted molar refractivity (Wildman–Crippen MR) is 91.2 cm³/mol. The zero-order valence-corrected chi connectivity index (χ0v) is 14.0. The van der Waals surface area contributed by atoms with Crippen molar-refractivity contribution in [2.75, 3.05) is 19.7 Å². The number of benzene rings is 2. The number of nitrogens with zero attached hydrogens (tertiary/aromatic N) is 1. The Morgan fingerprint density at radius 3 is 2.24 bits per heavy atom. The third kappa shape index (κ3) is 4.05. The lowest BCUT2D eigenvalue weighted by molar-refractivity contribution is -0.137. The van der Waals surface area contributed by atoms with Crippen LogP contribution in [0.1, 0.15) is 29.5 Å². The standard InChI is InChI=1S/C20H22F3NO/c21-20(22,23)18-8-4-7-17(13-18)19(15-25)9-11-24(12-10-19)14-16-5-2-1-3-6-16/h1-8,13,25H,9-12,14-15H2. The zero-order valence-electron chi connectivity index (χ0n) is 14.0. The molecule has 2 nitrogen and oxygen atoms in total. The summed E-state index contributed by atoms with van der Waals surface area (Å²) in [6, 6.07) is 15.5. The summed E-state index contributed by atoms with van der Waals surface area (Å²) < 4.78 is 39.0. The number of aliphatic hydroxyl groups is 1. The van der Waals surface area contributed by atoms with Gasteiger partial charge in [-0.25, -0.2) is 0 Å². The molecule has 1 saturated heterocycles. The highest BCUT2D eigenvalue weighted by Gasteiger charge is 2.38. The third-order valence-electron chi connectivity index (χ3n) is 5.17. The molecular weight excluding hydrogens is 327 g/mol. The quantitative estimate of drug-likeness (QED) is 0.893. The van der Waals surface area contributed by atoms with Gasteiger partial charge in [-0.3, -0.25) is 4.90 Å². The Hall–Kier alpha value is -1.85. The topological polar surface area (TPSA) is 23.5 Å². The molecule has 5 heteroatoms. The van der Waals surface area contributed by atoms with E-state index in [1.165, 1.54) is 17.7 Å². The molecule has 25 heavy (non-hydrogen) atoms. The maximum absolute atomic E-state index is 13.0. The number of likely N-dealkylation sites (tertiary alicyclic amines) is 1. The summed E-state index contributed by atoms with van der Waals surface area (Å²) in [5.74, 6) is 0. The van der Waals surface area contributed by atoms with Gasteiger partial charge < -0.3 is 5.11 Å². The van der Waals surface area contributed by atoms with Crippen LogP contribution in [0.5, 0.6) is 0 Å². The predicted octanol–water partition coefficient (Wildman–Crippen LogP) is 4.23. The van der Waals surface area contributed by atoms with E-state index in [9.17, 15) is 18.3 Å². The van der Waals surface area contributed by atoms with Crippen molar-refractivity contribution in [1.82, 2.24) is 4.90 Å². The maximum Gasteiger partial charge on any atom is 0.416 e. The molecule has 1 N–H and O–H groups in total. The van der Waals surface area contributed by atoms with Crippen molar-refractivity contribution in [3.8, 4) is 0 Å². The van der Waals surface area contributed by atoms with Crippen LogP contribution in [-0.2, 0) is 18.1 Å². The number of rotatable bonds is 4. The van der Waals surface area contributed by atoms with Crippen molar-refractivity contribution in [3.05, 3.63) is 71.3 Å². The van der Waals surface area contributed by atoms with Crippen LogP contribution in [0.4, 0.5) is 13.2 Å². The highest BCUT2D eigenvalue weighted by Crippen LogP contribution is 2.38. The van der Waals surface area contributed by atoms with Gasteiger partial charge in [0.25, 0.3) is 0 Å². The monoisotopic (exact) mass is 349 g/mol. The fourth-order valence-corrected chi connectivity index (χ4v) is 3.54. The first kappa shape index (κ1) is 18.0. The van der Waals surface area contributed by atoms with Gasteiger partial charge >= 0.3 is 6.18 Å². The Morgan fingerprint density at radius 1 is 0.960 bits per heavy atom. The average molecular weight is 349 g/mol. The van der Waals surface area contributed by atoms with E-state index in [1.54, 1.807) is 6.07 Å². The van der Waals surface area contributed by atoms with Gasteiger partial charge in [-0.15, -0.1) is 0 Å². The van der Waals surface area contributed by atoms with Gasteiger partial charge in [0.15, 0.2) is 0 Å². The molecule has 2 aromatic rings. The second-order valence-electron chi connectivity index (χ2n) is 6.78. The first-order valence-corrected chi connectivity index (χ1v) is 8.48. The molecule has 0 amide bonds. The average Bonchev–Trinajstić information content (AvgIpc) is 2.63. The van der Waals surface area contributed by atoms with E-state index in [2.05, 4.69) is 17.0 Å². The van der Waals surface area contributed by atoms with Crippen LogP contribution in [-0.4, -0.2) is 29.7 Å². The molecule has 134 valence electrons. The highest BCUT2D eigenvalue weighted by molar-refractivity contribution is 5.32. The third-order valence-corrected chi connectivity index (χ3v) is 5.17. The lowest BCUT2D eigenvalue weighted by Gasteiger charge is -2.41. The second-order valence-corrected chi connectivity index (χ2v) is 6.78. The molecule has 0 unspecified atom stereocenters. The van der Waals surface area contributed by atoms with Crippen LogP contribution in [0.25, 0.3) is 0 Å². The molecule has 1 heterocycles. The highest BCUT2D eigenvalue weighted by atomic mass is 19.4. The molecule has 1 aliphatic rings. The summed E-state index contributed by atoms with van der Waals surface area (Å²) in [4.78, 5) is 2.29. The van der Waals surface area contributed by atoms with Gasteiger partial charge in [0.2, 0.25) is 0 Å². The molecule has 0 atom stereocenters. The summed E-state index contributed by atoms with van der Waals surface area (Å²) in [7, 11) is 0. The van der Waals surface area contributed by atoms with E-state index in [0.717, 1.165) is 25.7 Å². The molecule has 2 aromatic carbocycles. The molecule has 0 bridgehead atoms. The molecule has 0 saturated carbocycles. The molecule has 0 aliphatic carbocycles. The normalized spacial score (nSPS) is 18.2. The van der Waals surface area contributed by atoms with Crippen LogP contribution >= 0.6 is 0 Å². The lowest BCUT2D eigenvalue weighted by Crippen LogP contribution is -2.44. The van der Waals surface area contributed by atoms with Gasteiger partial charge in [-0.2, -0.15) is 13.2 Å². The Balaban J connectivity index is 1.73. The van der Waals surface area contributed by atoms with Crippen LogP contribution in [0.15, 0.2) is 54.6 Å². The van der Waals surface area contributed by atoms with Crippen LogP contribution in [0.3, 0.4) is 0 Å². The summed E-state index contributed by atoms with van der Waals surface area (Å²) in [5, 5.41) is 9.96. The maximum atomic E-state index is 13.0. The Morgan fingerprint density at radius 2 is 1.64 bits per heavy atom. The van der Waals surface area contributed by atoms with Crippen molar-refractivity contribution in [1.29, 1.82) is 0 Å². The molecular formula is C20H22F3NO. The van der Waals surface area contributed by atoms with Crippen molar-refractivity contribution < 1.29 is 18.3 Å². The summed E-state index contributed by atoms with van der Waals surface area (Å²) in [6.07, 6.45) is -3.06. The van der Waals surface area contributed by atoms with E-state index in [-0.39, 0.29) is 6.61 Å². The number of piperidine rings is 1. The number of hydrogen-bond acceptors (Lipinski definition) is 2. The lowest BCUT2D eigenvalue weighted by atomic mass is 9.73. The van der Waals surface area contributed by atoms with Crippen LogP contribution < -0.4 is 0 Å². The number of hydrogen-bond donors (Lipinski definition) is 1. The Labute approximate surface area is 145 Å². The SMILES string of the molecule is OCC1(c2cccc(C(F)(F)F)c2)CCN(Cc2ccccc2)CC1. The Bertz CT molecular complexity index is 692. The van der Waals surface area contributed by atoms with Gasteiger partial charge in [0.1, 0.15) is 0 Å². The van der Waals surface area contributed by atoms with E-state index >= 15 is 0 Å². The number of halogens is 3. The van der Waals surface area contributed by atoms with Crippen molar-refractivity contribution in [2.24, 2.45) is 0 Å². The summed E-state index contributed by atoms with van der Waals surface area (Å²) in [5.41, 5.74) is 0.570. The first-order valence-electron chi connectivity index (χ1n) is 8.48. The molecule has 1 aliphatic heterocycles. The largest absolute Gasteiger partial charge is 0.416 e. The number of aliphatic hydroxyl groups excluding tert-OH is 1. The molecule has 0 spiro atoms. The van der Waals surface area contributed by atoms with Crippen LogP contribution in [0.2, 0.25) is 0 Å². The fourth-order valence-electron chi connectivity index (χ4n) is 3.54. The minimum Gasteiger partial charge on any atom is -0.395 e. The van der Waals surface area contributed by atoms with Crippen molar-refractivity contribution in [2.45, 2.75) is 31.0 Å². The van der Waals surface area contributed by atoms with E-state index in [0.29, 0.717) is 18.4 Å². The molecule has 0 radical (unpaired) electrons. The van der Waals surface area contributed by atoms with Gasteiger partial charge in [0.05, 0.1) is 12.2 Å². The van der Waals surface area contributed by atoms with E-state index in [4.69, 9.17) is 0 Å². The molecule has 0 aromatic heterocycles. The van der Waals surface area contributed by atoms with Crippen molar-refractivity contribution in [3.63, 3.8) is 0 Å². The van der Waals surface area contributed by atoms with E-state index in [1.807, 2.05) is 18.2 Å². The first-order chi connectivity index (χ1) is 11.9. The minimum atomic E-state index is -4.36. The van der Waals surface area contributed by atoms with E-state index < -0.39 is 17.2 Å². The zero-order chi connectivity index (χ0) is 17.9. The number of alkyl halides is 3. The molecule has 3 rings (SSSR count). The second kappa shape index (κ2) is 7.18. The fraction of sp³-hybridized carbons (Fsp3) is 0.400. The van der Waals surface area contributed by atoms with Crippen molar-refractivity contribution >= 4 is 0 Å². The van der Waals surface area contributed by atoms with Gasteiger partial charge in [0, 0.05) is 12.0 Å². The van der Waals surface area contributed by atoms with Gasteiger partial charge in [-0.05, 0) is 43.1 Å². The molecule has 1 fully saturated rings. The Kier molecular flexibility index (Phi) is 5.16. The smallest absolute Gasteiger partial charge is 0.395 e.